The second-order valence-corrected chi connectivity index (χ2v) is 6.02. The molecule has 2 heterocycles. The molecule has 2 aliphatic heterocycles. The number of hydrogen-bond acceptors (Lipinski definition) is 3. The van der Waals surface area contributed by atoms with Crippen LogP contribution in [0.2, 0.25) is 0 Å². The van der Waals surface area contributed by atoms with Crippen LogP contribution >= 0.6 is 11.8 Å². The highest BCUT2D eigenvalue weighted by molar-refractivity contribution is 7.99. The molecule has 2 nitrogen and oxygen atoms in total. The largest absolute Gasteiger partial charge is 0.326 e. The number of nitrogens with zero attached hydrogens (tertiary/aromatic N) is 1. The van der Waals surface area contributed by atoms with E-state index in [9.17, 15) is 0 Å². The van der Waals surface area contributed by atoms with Crippen LogP contribution in [0.1, 0.15) is 26.2 Å². The fourth-order valence-electron chi connectivity index (χ4n) is 2.58. The smallest absolute Gasteiger partial charge is 0.0206 e. The van der Waals surface area contributed by atoms with Crippen LogP contribution in [0.5, 0.6) is 0 Å². The van der Waals surface area contributed by atoms with Crippen molar-refractivity contribution in [3.8, 4) is 0 Å². The van der Waals surface area contributed by atoms with Gasteiger partial charge < -0.3 is 5.73 Å². The van der Waals surface area contributed by atoms with Gasteiger partial charge in [0.25, 0.3) is 0 Å². The van der Waals surface area contributed by atoms with E-state index < -0.39 is 0 Å². The average molecular weight is 214 g/mol. The number of hydrogen-bond donors (Lipinski definition) is 1. The summed E-state index contributed by atoms with van der Waals surface area (Å²) in [6.45, 7) is 4.66. The third-order valence-corrected chi connectivity index (χ3v) is 4.74. The second kappa shape index (κ2) is 4.86. The summed E-state index contributed by atoms with van der Waals surface area (Å²) in [5.74, 6) is 3.42. The van der Waals surface area contributed by atoms with E-state index in [0.717, 1.165) is 12.6 Å². The van der Waals surface area contributed by atoms with Gasteiger partial charge in [0.2, 0.25) is 0 Å². The molecule has 0 aromatic heterocycles. The Labute approximate surface area is 91.6 Å². The number of nitrogens with two attached hydrogens (primary N) is 1. The van der Waals surface area contributed by atoms with Crippen LogP contribution in [0.3, 0.4) is 0 Å². The number of thioether (sulfide) groups is 1. The molecule has 0 saturated carbocycles. The van der Waals surface area contributed by atoms with Gasteiger partial charge in [-0.3, -0.25) is 4.90 Å². The van der Waals surface area contributed by atoms with Gasteiger partial charge in [-0.15, -0.1) is 0 Å². The summed E-state index contributed by atoms with van der Waals surface area (Å²) >= 11 is 2.12. The molecule has 0 aliphatic carbocycles. The van der Waals surface area contributed by atoms with Gasteiger partial charge in [0.05, 0.1) is 0 Å². The van der Waals surface area contributed by atoms with Crippen molar-refractivity contribution in [3.05, 3.63) is 0 Å². The molecule has 2 N–H and O–H groups in total. The van der Waals surface area contributed by atoms with Gasteiger partial charge in [-0.2, -0.15) is 11.8 Å². The lowest BCUT2D eigenvalue weighted by molar-refractivity contribution is 0.219. The maximum atomic E-state index is 6.07. The standard InChI is InChI=1S/C11H22N2S/c1-9-7-13(8-11(9)12)10-3-2-5-14-6-4-10/h9-11H,2-8,12H2,1H3. The Balaban J connectivity index is 1.88. The van der Waals surface area contributed by atoms with Crippen molar-refractivity contribution < 1.29 is 0 Å². The van der Waals surface area contributed by atoms with Crippen LogP contribution in [-0.4, -0.2) is 41.6 Å². The highest BCUT2D eigenvalue weighted by atomic mass is 32.2. The van der Waals surface area contributed by atoms with Crippen LogP contribution in [0.15, 0.2) is 0 Å². The first-order chi connectivity index (χ1) is 6.77. The van der Waals surface area contributed by atoms with Crippen LogP contribution in [0.4, 0.5) is 0 Å². The summed E-state index contributed by atoms with van der Waals surface area (Å²) in [6, 6.07) is 1.26. The highest BCUT2D eigenvalue weighted by Gasteiger charge is 2.31. The van der Waals surface area contributed by atoms with Crippen LogP contribution in [0, 0.1) is 5.92 Å². The molecule has 3 heteroatoms. The first kappa shape index (κ1) is 10.8. The monoisotopic (exact) mass is 214 g/mol. The lowest BCUT2D eigenvalue weighted by Gasteiger charge is -2.26. The molecular formula is C11H22N2S. The van der Waals surface area contributed by atoms with Gasteiger partial charge in [-0.1, -0.05) is 6.92 Å². The third kappa shape index (κ3) is 2.44. The van der Waals surface area contributed by atoms with E-state index in [-0.39, 0.29) is 0 Å². The fourth-order valence-corrected chi connectivity index (χ4v) is 3.59. The van der Waals surface area contributed by atoms with E-state index in [2.05, 4.69) is 23.6 Å². The molecule has 3 unspecified atom stereocenters. The Bertz CT molecular complexity index is 168. The molecule has 0 amide bonds. The summed E-state index contributed by atoms with van der Waals surface area (Å²) < 4.78 is 0. The Morgan fingerprint density at radius 1 is 1.21 bits per heavy atom. The van der Waals surface area contributed by atoms with Crippen LogP contribution in [-0.2, 0) is 0 Å². The van der Waals surface area contributed by atoms with Crippen LogP contribution < -0.4 is 5.73 Å². The second-order valence-electron chi connectivity index (χ2n) is 4.79. The lowest BCUT2D eigenvalue weighted by Crippen LogP contribution is -2.35. The van der Waals surface area contributed by atoms with Crippen molar-refractivity contribution in [2.75, 3.05) is 24.6 Å². The summed E-state index contributed by atoms with van der Waals surface area (Å²) in [5, 5.41) is 0. The zero-order valence-electron chi connectivity index (χ0n) is 9.11. The van der Waals surface area contributed by atoms with Gasteiger partial charge in [-0.05, 0) is 36.7 Å². The molecule has 2 fully saturated rings. The van der Waals surface area contributed by atoms with E-state index in [1.54, 1.807) is 0 Å². The van der Waals surface area contributed by atoms with Crippen molar-refractivity contribution >= 4 is 11.8 Å². The fraction of sp³-hybridized carbons (Fsp3) is 1.00. The maximum absolute atomic E-state index is 6.07. The molecule has 0 aromatic carbocycles. The van der Waals surface area contributed by atoms with Crippen molar-refractivity contribution in [1.29, 1.82) is 0 Å². The molecule has 3 atom stereocenters. The molecule has 14 heavy (non-hydrogen) atoms. The summed E-state index contributed by atoms with van der Waals surface area (Å²) in [4.78, 5) is 2.64. The quantitative estimate of drug-likeness (QED) is 0.718. The predicted molar refractivity (Wildman–Crippen MR) is 63.7 cm³/mol. The van der Waals surface area contributed by atoms with Crippen LogP contribution in [0.25, 0.3) is 0 Å². The van der Waals surface area contributed by atoms with Gasteiger partial charge in [0.15, 0.2) is 0 Å². The van der Waals surface area contributed by atoms with Crippen molar-refractivity contribution in [2.24, 2.45) is 11.7 Å². The minimum absolute atomic E-state index is 0.422. The number of rotatable bonds is 1. The summed E-state index contributed by atoms with van der Waals surface area (Å²) in [7, 11) is 0. The molecule has 0 spiro atoms. The SMILES string of the molecule is CC1CN(C2CCCSCC2)CC1N. The summed E-state index contributed by atoms with van der Waals surface area (Å²) in [5.41, 5.74) is 6.07. The Kier molecular flexibility index (Phi) is 3.74. The molecule has 0 aromatic rings. The predicted octanol–water partition coefficient (Wildman–Crippen LogP) is 1.55. The minimum atomic E-state index is 0.422. The van der Waals surface area contributed by atoms with Crippen molar-refractivity contribution in [1.82, 2.24) is 4.90 Å². The van der Waals surface area contributed by atoms with Gasteiger partial charge in [0, 0.05) is 25.2 Å². The lowest BCUT2D eigenvalue weighted by atomic mass is 10.1. The van der Waals surface area contributed by atoms with E-state index >= 15 is 0 Å². The van der Waals surface area contributed by atoms with Gasteiger partial charge in [-0.25, -0.2) is 0 Å². The van der Waals surface area contributed by atoms with E-state index in [0.29, 0.717) is 12.0 Å². The first-order valence-corrected chi connectivity index (χ1v) is 7.00. The Hall–Kier alpha value is 0.270. The van der Waals surface area contributed by atoms with E-state index in [1.165, 1.54) is 37.3 Å². The van der Waals surface area contributed by atoms with E-state index in [4.69, 9.17) is 5.73 Å². The molecule has 2 rings (SSSR count). The minimum Gasteiger partial charge on any atom is -0.326 e. The molecule has 2 saturated heterocycles. The normalized spacial score (nSPS) is 41.1. The number of likely N-dealkylation sites (tertiary alicyclic amines) is 1. The average Bonchev–Trinajstić information content (AvgIpc) is 2.46. The van der Waals surface area contributed by atoms with Gasteiger partial charge >= 0.3 is 0 Å². The van der Waals surface area contributed by atoms with Crippen molar-refractivity contribution in [3.63, 3.8) is 0 Å². The topological polar surface area (TPSA) is 29.3 Å². The Morgan fingerprint density at radius 2 is 2.07 bits per heavy atom. The third-order valence-electron chi connectivity index (χ3n) is 3.64. The molecule has 2 aliphatic rings. The molecular weight excluding hydrogens is 192 g/mol. The van der Waals surface area contributed by atoms with Crippen molar-refractivity contribution in [2.45, 2.75) is 38.3 Å². The highest BCUT2D eigenvalue weighted by Crippen LogP contribution is 2.25. The zero-order valence-corrected chi connectivity index (χ0v) is 9.93. The molecule has 0 bridgehead atoms. The maximum Gasteiger partial charge on any atom is 0.0206 e. The molecule has 0 radical (unpaired) electrons. The molecule has 82 valence electrons. The first-order valence-electron chi connectivity index (χ1n) is 5.85. The Morgan fingerprint density at radius 3 is 2.79 bits per heavy atom. The zero-order chi connectivity index (χ0) is 9.97. The van der Waals surface area contributed by atoms with Gasteiger partial charge in [0.1, 0.15) is 0 Å². The van der Waals surface area contributed by atoms with E-state index in [1.807, 2.05) is 0 Å². The summed E-state index contributed by atoms with van der Waals surface area (Å²) in [6.07, 6.45) is 4.17.